The number of piperidine rings is 1. The molecular formula is C15H19N5O2. The van der Waals surface area contributed by atoms with Crippen LogP contribution in [-0.4, -0.2) is 45.4 Å². The summed E-state index contributed by atoms with van der Waals surface area (Å²) in [6, 6.07) is 3.77. The summed E-state index contributed by atoms with van der Waals surface area (Å²) in [5, 5.41) is 4.22. The average Bonchev–Trinajstić information content (AvgIpc) is 3.10. The van der Waals surface area contributed by atoms with Gasteiger partial charge in [0.05, 0.1) is 12.6 Å². The number of carbonyl (C=O) groups excluding carboxylic acids is 1. The predicted octanol–water partition coefficient (Wildman–Crippen LogP) is 1.69. The number of pyridine rings is 1. The maximum Gasteiger partial charge on any atom is 0.341 e. The largest absolute Gasteiger partial charge is 0.462 e. The van der Waals surface area contributed by atoms with Crippen LogP contribution in [0.2, 0.25) is 0 Å². The molecule has 116 valence electrons. The van der Waals surface area contributed by atoms with Gasteiger partial charge in [0.15, 0.2) is 0 Å². The Morgan fingerprint density at radius 1 is 1.50 bits per heavy atom. The van der Waals surface area contributed by atoms with Gasteiger partial charge in [-0.3, -0.25) is 0 Å². The highest BCUT2D eigenvalue weighted by Gasteiger charge is 2.26. The van der Waals surface area contributed by atoms with Crippen LogP contribution in [-0.2, 0) is 4.74 Å². The molecule has 1 unspecified atom stereocenters. The zero-order chi connectivity index (χ0) is 15.4. The lowest BCUT2D eigenvalue weighted by atomic mass is 10.1. The molecule has 7 nitrogen and oxygen atoms in total. The number of rotatable bonds is 4. The summed E-state index contributed by atoms with van der Waals surface area (Å²) in [6.07, 6.45) is 7.05. The van der Waals surface area contributed by atoms with Gasteiger partial charge in [0.1, 0.15) is 24.0 Å². The summed E-state index contributed by atoms with van der Waals surface area (Å²) in [5.41, 5.74) is 0.517. The number of aromatic nitrogens is 4. The first-order valence-electron chi connectivity index (χ1n) is 7.50. The molecule has 1 fully saturated rings. The molecule has 1 atom stereocenters. The Kier molecular flexibility index (Phi) is 4.32. The molecule has 0 amide bonds. The average molecular weight is 301 g/mol. The van der Waals surface area contributed by atoms with Gasteiger partial charge in [0.2, 0.25) is 0 Å². The fraction of sp³-hybridized carbons (Fsp3) is 0.467. The van der Waals surface area contributed by atoms with Crippen LogP contribution in [0.5, 0.6) is 0 Å². The van der Waals surface area contributed by atoms with E-state index in [0.29, 0.717) is 18.0 Å². The van der Waals surface area contributed by atoms with Gasteiger partial charge < -0.3 is 9.64 Å². The number of nitrogens with zero attached hydrogens (tertiary/aromatic N) is 5. The van der Waals surface area contributed by atoms with Crippen molar-refractivity contribution in [3.8, 4) is 0 Å². The lowest BCUT2D eigenvalue weighted by Crippen LogP contribution is -2.38. The maximum absolute atomic E-state index is 12.1. The summed E-state index contributed by atoms with van der Waals surface area (Å²) in [5.74, 6) is 0.360. The summed E-state index contributed by atoms with van der Waals surface area (Å²) in [4.78, 5) is 22.6. The lowest BCUT2D eigenvalue weighted by Gasteiger charge is -2.34. The van der Waals surface area contributed by atoms with Crippen molar-refractivity contribution < 1.29 is 9.53 Å². The Bertz CT molecular complexity index is 629. The molecule has 3 rings (SSSR count). The SMILES string of the molecule is CCOC(=O)c1cccnc1N1CCCC(n2cncn2)C1. The molecule has 0 aliphatic carbocycles. The second kappa shape index (κ2) is 6.55. The van der Waals surface area contributed by atoms with E-state index in [1.807, 2.05) is 4.68 Å². The van der Waals surface area contributed by atoms with Gasteiger partial charge >= 0.3 is 5.97 Å². The Balaban J connectivity index is 1.83. The molecule has 0 spiro atoms. The van der Waals surface area contributed by atoms with E-state index in [4.69, 9.17) is 4.74 Å². The van der Waals surface area contributed by atoms with E-state index >= 15 is 0 Å². The minimum Gasteiger partial charge on any atom is -0.462 e. The van der Waals surface area contributed by atoms with E-state index in [0.717, 1.165) is 25.9 Å². The first-order chi connectivity index (χ1) is 10.8. The van der Waals surface area contributed by atoms with Crippen LogP contribution in [0, 0.1) is 0 Å². The van der Waals surface area contributed by atoms with Crippen LogP contribution < -0.4 is 4.90 Å². The first-order valence-corrected chi connectivity index (χ1v) is 7.50. The minimum absolute atomic E-state index is 0.244. The lowest BCUT2D eigenvalue weighted by molar-refractivity contribution is 0.0526. The third-order valence-electron chi connectivity index (χ3n) is 3.79. The summed E-state index contributed by atoms with van der Waals surface area (Å²) in [7, 11) is 0. The molecule has 1 aliphatic heterocycles. The van der Waals surface area contributed by atoms with Crippen molar-refractivity contribution in [2.45, 2.75) is 25.8 Å². The molecule has 1 aliphatic rings. The zero-order valence-electron chi connectivity index (χ0n) is 12.6. The van der Waals surface area contributed by atoms with E-state index in [2.05, 4.69) is 20.0 Å². The maximum atomic E-state index is 12.1. The molecule has 0 N–H and O–H groups in total. The second-order valence-electron chi connectivity index (χ2n) is 5.21. The topological polar surface area (TPSA) is 73.1 Å². The van der Waals surface area contributed by atoms with E-state index in [-0.39, 0.29) is 12.0 Å². The molecular weight excluding hydrogens is 282 g/mol. The Labute approximate surface area is 128 Å². The van der Waals surface area contributed by atoms with Crippen LogP contribution >= 0.6 is 0 Å². The van der Waals surface area contributed by atoms with Crippen molar-refractivity contribution in [2.75, 3.05) is 24.6 Å². The van der Waals surface area contributed by atoms with Crippen molar-refractivity contribution >= 4 is 11.8 Å². The predicted molar refractivity (Wildman–Crippen MR) is 80.7 cm³/mol. The van der Waals surface area contributed by atoms with E-state index in [9.17, 15) is 4.79 Å². The Hall–Kier alpha value is -2.44. The normalized spacial score (nSPS) is 18.2. The van der Waals surface area contributed by atoms with Crippen LogP contribution in [0.3, 0.4) is 0 Å². The monoisotopic (exact) mass is 301 g/mol. The number of hydrogen-bond acceptors (Lipinski definition) is 6. The van der Waals surface area contributed by atoms with Crippen molar-refractivity contribution in [1.82, 2.24) is 19.7 Å². The van der Waals surface area contributed by atoms with Crippen LogP contribution in [0.25, 0.3) is 0 Å². The van der Waals surface area contributed by atoms with Gasteiger partial charge in [-0.1, -0.05) is 0 Å². The van der Waals surface area contributed by atoms with Crippen molar-refractivity contribution in [2.24, 2.45) is 0 Å². The Morgan fingerprint density at radius 2 is 2.41 bits per heavy atom. The van der Waals surface area contributed by atoms with Gasteiger partial charge in [0, 0.05) is 19.3 Å². The molecule has 22 heavy (non-hydrogen) atoms. The molecule has 0 aromatic carbocycles. The molecule has 0 bridgehead atoms. The standard InChI is InChI=1S/C15H19N5O2/c1-2-22-15(21)13-6-3-7-17-14(13)19-8-4-5-12(9-19)20-11-16-10-18-20/h3,6-7,10-12H,2,4-5,8-9H2,1H3. The van der Waals surface area contributed by atoms with Crippen molar-refractivity contribution in [1.29, 1.82) is 0 Å². The van der Waals surface area contributed by atoms with E-state index in [1.54, 1.807) is 37.9 Å². The Morgan fingerprint density at radius 3 is 3.18 bits per heavy atom. The molecule has 2 aromatic rings. The smallest absolute Gasteiger partial charge is 0.341 e. The summed E-state index contributed by atoms with van der Waals surface area (Å²) < 4.78 is 7.00. The van der Waals surface area contributed by atoms with Crippen LogP contribution in [0.1, 0.15) is 36.2 Å². The fourth-order valence-corrected chi connectivity index (χ4v) is 2.79. The molecule has 3 heterocycles. The van der Waals surface area contributed by atoms with Gasteiger partial charge in [-0.15, -0.1) is 0 Å². The second-order valence-corrected chi connectivity index (χ2v) is 5.21. The molecule has 1 saturated heterocycles. The van der Waals surface area contributed by atoms with Crippen molar-refractivity contribution in [3.05, 3.63) is 36.5 Å². The highest BCUT2D eigenvalue weighted by atomic mass is 16.5. The van der Waals surface area contributed by atoms with E-state index < -0.39 is 0 Å². The fourth-order valence-electron chi connectivity index (χ4n) is 2.79. The van der Waals surface area contributed by atoms with Gasteiger partial charge in [-0.2, -0.15) is 5.10 Å². The summed E-state index contributed by atoms with van der Waals surface area (Å²) in [6.45, 7) is 3.78. The third-order valence-corrected chi connectivity index (χ3v) is 3.79. The number of esters is 1. The van der Waals surface area contributed by atoms with Crippen LogP contribution in [0.15, 0.2) is 31.0 Å². The number of ether oxygens (including phenoxy) is 1. The molecule has 2 aromatic heterocycles. The van der Waals surface area contributed by atoms with Gasteiger partial charge in [-0.05, 0) is 31.9 Å². The molecule has 0 saturated carbocycles. The number of anilines is 1. The van der Waals surface area contributed by atoms with Gasteiger partial charge in [0.25, 0.3) is 0 Å². The number of hydrogen-bond donors (Lipinski definition) is 0. The quantitative estimate of drug-likeness (QED) is 0.800. The zero-order valence-corrected chi connectivity index (χ0v) is 12.6. The van der Waals surface area contributed by atoms with Crippen LogP contribution in [0.4, 0.5) is 5.82 Å². The highest BCUT2D eigenvalue weighted by Crippen LogP contribution is 2.26. The minimum atomic E-state index is -0.325. The van der Waals surface area contributed by atoms with Crippen molar-refractivity contribution in [3.63, 3.8) is 0 Å². The van der Waals surface area contributed by atoms with E-state index in [1.165, 1.54) is 0 Å². The third kappa shape index (κ3) is 2.93. The number of carbonyl (C=O) groups is 1. The first kappa shape index (κ1) is 14.5. The highest BCUT2D eigenvalue weighted by molar-refractivity contribution is 5.94. The summed E-state index contributed by atoms with van der Waals surface area (Å²) >= 11 is 0. The molecule has 0 radical (unpaired) electrons. The van der Waals surface area contributed by atoms with Gasteiger partial charge in [-0.25, -0.2) is 19.4 Å². The molecule has 7 heteroatoms.